The smallest absolute Gasteiger partial charge is 0.159 e. The van der Waals surface area contributed by atoms with E-state index < -0.39 is 0 Å². The van der Waals surface area contributed by atoms with Crippen molar-refractivity contribution in [3.05, 3.63) is 46.0 Å². The number of benzene rings is 1. The van der Waals surface area contributed by atoms with Gasteiger partial charge in [0.05, 0.1) is 9.90 Å². The van der Waals surface area contributed by atoms with Crippen LogP contribution in [0, 0.1) is 5.82 Å². The van der Waals surface area contributed by atoms with E-state index in [2.05, 4.69) is 0 Å². The Morgan fingerprint density at radius 3 is 2.69 bits per heavy atom. The molecule has 1 aromatic heterocycles. The molecule has 0 spiro atoms. The Labute approximate surface area is 101 Å². The normalized spacial score (nSPS) is 10.4. The molecule has 0 aliphatic rings. The number of Topliss-reactive ketones (excluding diaryl/α,β-unsaturated/α-hetero) is 1. The number of hydrogen-bond acceptors (Lipinski definition) is 2. The molecule has 0 saturated heterocycles. The molecule has 16 heavy (non-hydrogen) atoms. The van der Waals surface area contributed by atoms with Crippen LogP contribution in [-0.2, 0) is 0 Å². The third-order valence-corrected chi connectivity index (χ3v) is 3.61. The Morgan fingerprint density at radius 2 is 2.12 bits per heavy atom. The van der Waals surface area contributed by atoms with Crippen molar-refractivity contribution in [1.29, 1.82) is 0 Å². The van der Waals surface area contributed by atoms with E-state index in [4.69, 9.17) is 11.6 Å². The van der Waals surface area contributed by atoms with Crippen LogP contribution in [0.4, 0.5) is 4.39 Å². The molecular weight excluding hydrogens is 247 g/mol. The van der Waals surface area contributed by atoms with Crippen LogP contribution in [0.25, 0.3) is 10.4 Å². The first kappa shape index (κ1) is 11.3. The molecule has 0 unspecified atom stereocenters. The fraction of sp³-hybridized carbons (Fsp3) is 0.0833. The summed E-state index contributed by atoms with van der Waals surface area (Å²) in [5.41, 5.74) is 0.869. The van der Waals surface area contributed by atoms with E-state index in [-0.39, 0.29) is 11.6 Å². The van der Waals surface area contributed by atoms with Gasteiger partial charge in [-0.25, -0.2) is 4.39 Å². The van der Waals surface area contributed by atoms with E-state index in [1.54, 1.807) is 11.4 Å². The molecular formula is C12H8ClFOS. The van der Waals surface area contributed by atoms with Crippen LogP contribution in [0.1, 0.15) is 17.3 Å². The third-order valence-electron chi connectivity index (χ3n) is 2.23. The number of rotatable bonds is 2. The second kappa shape index (κ2) is 4.36. The number of thiophene rings is 1. The van der Waals surface area contributed by atoms with Gasteiger partial charge in [-0.05, 0) is 36.6 Å². The topological polar surface area (TPSA) is 17.1 Å². The monoisotopic (exact) mass is 254 g/mol. The minimum atomic E-state index is -0.366. The molecule has 1 nitrogen and oxygen atoms in total. The highest BCUT2D eigenvalue weighted by Crippen LogP contribution is 2.35. The third kappa shape index (κ3) is 2.01. The number of halogens is 2. The van der Waals surface area contributed by atoms with Crippen molar-refractivity contribution in [2.45, 2.75) is 6.92 Å². The summed E-state index contributed by atoms with van der Waals surface area (Å²) in [6.07, 6.45) is 0. The van der Waals surface area contributed by atoms with Gasteiger partial charge in [0.15, 0.2) is 5.78 Å². The van der Waals surface area contributed by atoms with E-state index in [9.17, 15) is 9.18 Å². The van der Waals surface area contributed by atoms with Gasteiger partial charge in [0.2, 0.25) is 0 Å². The summed E-state index contributed by atoms with van der Waals surface area (Å²) >= 11 is 7.29. The summed E-state index contributed by atoms with van der Waals surface area (Å²) in [4.78, 5) is 11.9. The molecule has 0 amide bonds. The summed E-state index contributed by atoms with van der Waals surface area (Å²) < 4.78 is 13.6. The van der Waals surface area contributed by atoms with Crippen molar-refractivity contribution in [3.63, 3.8) is 0 Å². The number of carbonyl (C=O) groups is 1. The van der Waals surface area contributed by atoms with E-state index in [1.165, 1.54) is 36.5 Å². The largest absolute Gasteiger partial charge is 0.295 e. The first-order valence-electron chi connectivity index (χ1n) is 4.63. The van der Waals surface area contributed by atoms with Gasteiger partial charge >= 0.3 is 0 Å². The van der Waals surface area contributed by atoms with Crippen LogP contribution >= 0.6 is 22.9 Å². The molecule has 2 aromatic rings. The average Bonchev–Trinajstić information content (AvgIpc) is 2.65. The van der Waals surface area contributed by atoms with Gasteiger partial charge in [0.1, 0.15) is 5.82 Å². The van der Waals surface area contributed by atoms with Gasteiger partial charge in [0.25, 0.3) is 0 Å². The highest BCUT2D eigenvalue weighted by atomic mass is 35.5. The average molecular weight is 255 g/mol. The van der Waals surface area contributed by atoms with Gasteiger partial charge in [-0.3, -0.25) is 4.79 Å². The Bertz CT molecular complexity index is 548. The molecule has 1 heterocycles. The van der Waals surface area contributed by atoms with Crippen molar-refractivity contribution in [1.82, 2.24) is 0 Å². The quantitative estimate of drug-likeness (QED) is 0.726. The SMILES string of the molecule is CC(=O)c1ccc(F)c(-c2sccc2Cl)c1. The van der Waals surface area contributed by atoms with Gasteiger partial charge in [-0.15, -0.1) is 11.3 Å². The lowest BCUT2D eigenvalue weighted by molar-refractivity contribution is 0.101. The molecule has 0 bridgehead atoms. The summed E-state index contributed by atoms with van der Waals surface area (Å²) in [5, 5.41) is 2.29. The summed E-state index contributed by atoms with van der Waals surface area (Å²) in [6, 6.07) is 6.02. The molecule has 0 saturated carbocycles. The molecule has 82 valence electrons. The van der Waals surface area contributed by atoms with Crippen molar-refractivity contribution in [2.75, 3.05) is 0 Å². The lowest BCUT2D eigenvalue weighted by atomic mass is 10.1. The van der Waals surface area contributed by atoms with Gasteiger partial charge in [-0.2, -0.15) is 0 Å². The van der Waals surface area contributed by atoms with Crippen LogP contribution in [0.15, 0.2) is 29.6 Å². The fourth-order valence-corrected chi connectivity index (χ4v) is 2.58. The van der Waals surface area contributed by atoms with E-state index >= 15 is 0 Å². The van der Waals surface area contributed by atoms with Gasteiger partial charge < -0.3 is 0 Å². The maximum atomic E-state index is 13.6. The minimum absolute atomic E-state index is 0.0890. The van der Waals surface area contributed by atoms with Gasteiger partial charge in [-0.1, -0.05) is 11.6 Å². The molecule has 4 heteroatoms. The summed E-state index contributed by atoms with van der Waals surface area (Å²) in [7, 11) is 0. The molecule has 0 N–H and O–H groups in total. The van der Waals surface area contributed by atoms with E-state index in [0.29, 0.717) is 21.0 Å². The molecule has 2 rings (SSSR count). The first-order valence-corrected chi connectivity index (χ1v) is 5.89. The Kier molecular flexibility index (Phi) is 3.08. The van der Waals surface area contributed by atoms with Crippen molar-refractivity contribution in [2.24, 2.45) is 0 Å². The Morgan fingerprint density at radius 1 is 1.38 bits per heavy atom. The van der Waals surface area contributed by atoms with Crippen molar-refractivity contribution >= 4 is 28.7 Å². The zero-order chi connectivity index (χ0) is 11.7. The van der Waals surface area contributed by atoms with Crippen molar-refractivity contribution in [3.8, 4) is 10.4 Å². The maximum absolute atomic E-state index is 13.6. The number of hydrogen-bond donors (Lipinski definition) is 0. The molecule has 0 atom stereocenters. The predicted octanol–water partition coefficient (Wildman–Crippen LogP) is 4.41. The lowest BCUT2D eigenvalue weighted by Crippen LogP contribution is -1.93. The van der Waals surface area contributed by atoms with Crippen LogP contribution in [-0.4, -0.2) is 5.78 Å². The van der Waals surface area contributed by atoms with Crippen LogP contribution < -0.4 is 0 Å². The highest BCUT2D eigenvalue weighted by molar-refractivity contribution is 7.14. The zero-order valence-corrected chi connectivity index (χ0v) is 10.0. The molecule has 0 fully saturated rings. The molecule has 0 aliphatic heterocycles. The highest BCUT2D eigenvalue weighted by Gasteiger charge is 2.12. The Balaban J connectivity index is 2.60. The van der Waals surface area contributed by atoms with E-state index in [1.807, 2.05) is 0 Å². The summed E-state index contributed by atoms with van der Waals surface area (Å²) in [5.74, 6) is -0.455. The standard InChI is InChI=1S/C12H8ClFOS/c1-7(15)8-2-3-11(14)9(6-8)12-10(13)4-5-16-12/h2-6H,1H3. The van der Waals surface area contributed by atoms with Crippen LogP contribution in [0.3, 0.4) is 0 Å². The minimum Gasteiger partial charge on any atom is -0.295 e. The second-order valence-corrected chi connectivity index (χ2v) is 4.67. The molecule has 0 aliphatic carbocycles. The maximum Gasteiger partial charge on any atom is 0.159 e. The lowest BCUT2D eigenvalue weighted by Gasteiger charge is -2.03. The van der Waals surface area contributed by atoms with Crippen LogP contribution in [0.5, 0.6) is 0 Å². The van der Waals surface area contributed by atoms with Gasteiger partial charge in [0, 0.05) is 11.1 Å². The second-order valence-electron chi connectivity index (χ2n) is 3.35. The summed E-state index contributed by atoms with van der Waals surface area (Å²) in [6.45, 7) is 1.45. The molecule has 0 radical (unpaired) electrons. The fourth-order valence-electron chi connectivity index (χ4n) is 1.40. The predicted molar refractivity (Wildman–Crippen MR) is 64.7 cm³/mol. The van der Waals surface area contributed by atoms with Crippen molar-refractivity contribution < 1.29 is 9.18 Å². The molecule has 1 aromatic carbocycles. The number of carbonyl (C=O) groups excluding carboxylic acids is 1. The zero-order valence-electron chi connectivity index (χ0n) is 8.46. The van der Waals surface area contributed by atoms with E-state index in [0.717, 1.165) is 0 Å². The first-order chi connectivity index (χ1) is 7.59. The number of ketones is 1. The Hall–Kier alpha value is -1.19. The van der Waals surface area contributed by atoms with Crippen LogP contribution in [0.2, 0.25) is 5.02 Å².